The third-order valence-electron chi connectivity index (χ3n) is 3.34. The fourth-order valence-corrected chi connectivity index (χ4v) is 3.74. The summed E-state index contributed by atoms with van der Waals surface area (Å²) in [7, 11) is -4.21. The third-order valence-corrected chi connectivity index (χ3v) is 6.02. The average Bonchev–Trinajstić information content (AvgIpc) is 2.55. The van der Waals surface area contributed by atoms with Gasteiger partial charge in [-0.25, -0.2) is 8.42 Å². The molecule has 25 heavy (non-hydrogen) atoms. The Morgan fingerprint density at radius 3 is 2.32 bits per heavy atom. The predicted octanol–water partition coefficient (Wildman–Crippen LogP) is 2.95. The third kappa shape index (κ3) is 4.15. The zero-order chi connectivity index (χ0) is 18.8. The number of rotatable bonds is 6. The lowest BCUT2D eigenvalue weighted by Crippen LogP contribution is -2.35. The van der Waals surface area contributed by atoms with Crippen molar-refractivity contribution in [2.75, 3.05) is 10.8 Å². The highest BCUT2D eigenvalue weighted by Crippen LogP contribution is 2.28. The molecule has 0 saturated carbocycles. The first-order valence-corrected chi connectivity index (χ1v) is 9.11. The SMILES string of the molecule is Cc1cc(N(CC(=O)O)S(=O)(=O)c2ccc([N+](=O)[O-])cc2)ccc1Br. The molecule has 2 aromatic carbocycles. The summed E-state index contributed by atoms with van der Waals surface area (Å²) in [5.41, 5.74) is 0.650. The highest BCUT2D eigenvalue weighted by atomic mass is 79.9. The van der Waals surface area contributed by atoms with Gasteiger partial charge in [0, 0.05) is 16.6 Å². The summed E-state index contributed by atoms with van der Waals surface area (Å²) < 4.78 is 27.1. The van der Waals surface area contributed by atoms with Gasteiger partial charge in [-0.3, -0.25) is 19.2 Å². The van der Waals surface area contributed by atoms with Crippen molar-refractivity contribution in [2.45, 2.75) is 11.8 Å². The molecule has 0 spiro atoms. The van der Waals surface area contributed by atoms with Crippen LogP contribution in [0.3, 0.4) is 0 Å². The highest BCUT2D eigenvalue weighted by molar-refractivity contribution is 9.10. The molecule has 0 aliphatic rings. The van der Waals surface area contributed by atoms with E-state index < -0.39 is 27.5 Å². The van der Waals surface area contributed by atoms with E-state index in [0.717, 1.165) is 38.6 Å². The molecule has 2 rings (SSSR count). The van der Waals surface area contributed by atoms with Crippen LogP contribution in [0, 0.1) is 17.0 Å². The Labute approximate surface area is 152 Å². The Morgan fingerprint density at radius 2 is 1.84 bits per heavy atom. The maximum absolute atomic E-state index is 12.8. The van der Waals surface area contributed by atoms with E-state index >= 15 is 0 Å². The van der Waals surface area contributed by atoms with Crippen molar-refractivity contribution in [3.05, 3.63) is 62.6 Å². The van der Waals surface area contributed by atoms with Crippen LogP contribution in [0.5, 0.6) is 0 Å². The normalized spacial score (nSPS) is 11.1. The van der Waals surface area contributed by atoms with Crippen molar-refractivity contribution in [3.63, 3.8) is 0 Å². The zero-order valence-corrected chi connectivity index (χ0v) is 15.3. The van der Waals surface area contributed by atoms with Gasteiger partial charge in [-0.15, -0.1) is 0 Å². The van der Waals surface area contributed by atoms with Gasteiger partial charge in [0.25, 0.3) is 15.7 Å². The lowest BCUT2D eigenvalue weighted by Gasteiger charge is -2.23. The molecule has 10 heteroatoms. The monoisotopic (exact) mass is 428 g/mol. The first-order valence-electron chi connectivity index (χ1n) is 6.88. The molecule has 0 fully saturated rings. The number of sulfonamides is 1. The maximum atomic E-state index is 12.8. The number of aryl methyl sites for hydroxylation is 1. The van der Waals surface area contributed by atoms with Gasteiger partial charge in [0.15, 0.2) is 0 Å². The maximum Gasteiger partial charge on any atom is 0.324 e. The minimum atomic E-state index is -4.21. The Morgan fingerprint density at radius 1 is 1.24 bits per heavy atom. The largest absolute Gasteiger partial charge is 0.480 e. The van der Waals surface area contributed by atoms with Crippen LogP contribution >= 0.6 is 15.9 Å². The predicted molar refractivity (Wildman–Crippen MR) is 94.1 cm³/mol. The molecule has 0 aliphatic carbocycles. The zero-order valence-electron chi connectivity index (χ0n) is 12.9. The number of hydrogen-bond donors (Lipinski definition) is 1. The van der Waals surface area contributed by atoms with Crippen LogP contribution in [-0.2, 0) is 14.8 Å². The summed E-state index contributed by atoms with van der Waals surface area (Å²) >= 11 is 3.30. The molecule has 0 bridgehead atoms. The van der Waals surface area contributed by atoms with Crippen molar-refractivity contribution < 1.29 is 23.2 Å². The van der Waals surface area contributed by atoms with E-state index in [1.165, 1.54) is 12.1 Å². The summed E-state index contributed by atoms with van der Waals surface area (Å²) in [6.07, 6.45) is 0. The van der Waals surface area contributed by atoms with E-state index in [4.69, 9.17) is 5.11 Å². The second-order valence-electron chi connectivity index (χ2n) is 5.09. The Balaban J connectivity index is 2.53. The van der Waals surface area contributed by atoms with Crippen LogP contribution < -0.4 is 4.31 Å². The van der Waals surface area contributed by atoms with E-state index in [0.29, 0.717) is 0 Å². The molecule has 0 aromatic heterocycles. The Kier molecular flexibility index (Phi) is 5.43. The number of aliphatic carboxylic acids is 1. The van der Waals surface area contributed by atoms with Crippen molar-refractivity contribution in [1.82, 2.24) is 0 Å². The molecule has 0 atom stereocenters. The van der Waals surface area contributed by atoms with Gasteiger partial charge < -0.3 is 5.11 Å². The standard InChI is InChI=1S/C15H13BrN2O6S/c1-10-8-12(4-7-14(10)16)17(9-15(19)20)25(23,24)13-5-2-11(3-6-13)18(21)22/h2-8H,9H2,1H3,(H,19,20). The highest BCUT2D eigenvalue weighted by Gasteiger charge is 2.27. The summed E-state index contributed by atoms with van der Waals surface area (Å²) in [6, 6.07) is 8.89. The average molecular weight is 429 g/mol. The van der Waals surface area contributed by atoms with E-state index in [-0.39, 0.29) is 16.3 Å². The number of hydrogen-bond acceptors (Lipinski definition) is 5. The van der Waals surface area contributed by atoms with Crippen LogP contribution in [0.4, 0.5) is 11.4 Å². The number of carboxylic acid groups (broad SMARTS) is 1. The number of carbonyl (C=O) groups is 1. The van der Waals surface area contributed by atoms with E-state index in [1.807, 2.05) is 0 Å². The minimum Gasteiger partial charge on any atom is -0.480 e. The first kappa shape index (κ1) is 18.9. The number of nitrogens with zero attached hydrogens (tertiary/aromatic N) is 2. The number of benzene rings is 2. The molecule has 0 saturated heterocycles. The van der Waals surface area contributed by atoms with Crippen LogP contribution in [-0.4, -0.2) is 31.0 Å². The smallest absolute Gasteiger partial charge is 0.324 e. The molecule has 0 aliphatic heterocycles. The molecule has 0 radical (unpaired) electrons. The van der Waals surface area contributed by atoms with Crippen molar-refractivity contribution in [3.8, 4) is 0 Å². The molecule has 8 nitrogen and oxygen atoms in total. The molecule has 0 unspecified atom stereocenters. The Hall–Kier alpha value is -2.46. The van der Waals surface area contributed by atoms with Gasteiger partial charge in [-0.2, -0.15) is 0 Å². The van der Waals surface area contributed by atoms with Gasteiger partial charge in [-0.1, -0.05) is 15.9 Å². The van der Waals surface area contributed by atoms with E-state index in [1.54, 1.807) is 13.0 Å². The van der Waals surface area contributed by atoms with E-state index in [9.17, 15) is 23.3 Å². The molecule has 2 aromatic rings. The summed E-state index contributed by atoms with van der Waals surface area (Å²) in [5.74, 6) is -1.33. The molecular weight excluding hydrogens is 416 g/mol. The minimum absolute atomic E-state index is 0.182. The quantitative estimate of drug-likeness (QED) is 0.557. The second-order valence-corrected chi connectivity index (χ2v) is 7.81. The van der Waals surface area contributed by atoms with Crippen molar-refractivity contribution in [1.29, 1.82) is 0 Å². The molecule has 1 N–H and O–H groups in total. The number of nitro benzene ring substituents is 1. The fraction of sp³-hybridized carbons (Fsp3) is 0.133. The number of carboxylic acids is 1. The van der Waals surface area contributed by atoms with E-state index in [2.05, 4.69) is 15.9 Å². The molecule has 0 amide bonds. The van der Waals surface area contributed by atoms with Gasteiger partial charge in [-0.05, 0) is 42.8 Å². The number of anilines is 1. The lowest BCUT2D eigenvalue weighted by molar-refractivity contribution is -0.384. The Bertz CT molecular complexity index is 928. The van der Waals surface area contributed by atoms with Gasteiger partial charge >= 0.3 is 5.97 Å². The number of nitro groups is 1. The fourth-order valence-electron chi connectivity index (χ4n) is 2.09. The molecular formula is C15H13BrN2O6S. The number of non-ortho nitro benzene ring substituents is 1. The topological polar surface area (TPSA) is 118 Å². The van der Waals surface area contributed by atoms with Crippen molar-refractivity contribution >= 4 is 43.3 Å². The molecule has 132 valence electrons. The number of halogens is 1. The van der Waals surface area contributed by atoms with Crippen LogP contribution in [0.15, 0.2) is 51.8 Å². The second kappa shape index (κ2) is 7.19. The van der Waals surface area contributed by atoms with Crippen LogP contribution in [0.1, 0.15) is 5.56 Å². The summed E-state index contributed by atoms with van der Waals surface area (Å²) in [6.45, 7) is 0.964. The van der Waals surface area contributed by atoms with Gasteiger partial charge in [0.05, 0.1) is 15.5 Å². The van der Waals surface area contributed by atoms with Crippen molar-refractivity contribution in [2.24, 2.45) is 0 Å². The lowest BCUT2D eigenvalue weighted by atomic mass is 10.2. The van der Waals surface area contributed by atoms with Crippen LogP contribution in [0.25, 0.3) is 0 Å². The summed E-state index contributed by atoms with van der Waals surface area (Å²) in [4.78, 5) is 21.0. The summed E-state index contributed by atoms with van der Waals surface area (Å²) in [5, 5.41) is 19.8. The van der Waals surface area contributed by atoms with Crippen LogP contribution in [0.2, 0.25) is 0 Å². The molecule has 0 heterocycles. The van der Waals surface area contributed by atoms with Gasteiger partial charge in [0.2, 0.25) is 0 Å². The first-order chi connectivity index (χ1) is 11.6. The van der Waals surface area contributed by atoms with Gasteiger partial charge in [0.1, 0.15) is 6.54 Å².